The fraction of sp³-hybridized carbons (Fsp3) is 0.652. The molecule has 2 saturated heterocycles. The van der Waals surface area contributed by atoms with Gasteiger partial charge in [-0.15, -0.1) is 0 Å². The van der Waals surface area contributed by atoms with E-state index in [9.17, 15) is 10.1 Å². The van der Waals surface area contributed by atoms with Gasteiger partial charge in [0.25, 0.3) is 0 Å². The Labute approximate surface area is 180 Å². The molecule has 30 heavy (non-hydrogen) atoms. The van der Waals surface area contributed by atoms with E-state index in [0.717, 1.165) is 23.9 Å². The average molecular weight is 412 g/mol. The molecule has 2 aliphatic rings. The largest absolute Gasteiger partial charge is 0.495 e. The van der Waals surface area contributed by atoms with E-state index in [1.807, 2.05) is 66.7 Å². The number of amides is 1. The first-order chi connectivity index (χ1) is 13.8. The van der Waals surface area contributed by atoms with E-state index in [2.05, 4.69) is 6.07 Å². The average Bonchev–Trinajstić information content (AvgIpc) is 2.87. The zero-order valence-electron chi connectivity index (χ0n) is 19.2. The molecule has 0 spiro atoms. The molecule has 1 aromatic carbocycles. The summed E-state index contributed by atoms with van der Waals surface area (Å²) in [5, 5.41) is 9.41. The van der Waals surface area contributed by atoms with E-state index in [-0.39, 0.29) is 12.0 Å². The van der Waals surface area contributed by atoms with E-state index in [1.165, 1.54) is 0 Å². The molecule has 0 unspecified atom stereocenters. The van der Waals surface area contributed by atoms with Crippen molar-refractivity contribution in [1.82, 2.24) is 4.90 Å². The standard InChI is InChI=1S/C23H33BN2O4/c1-21(2,3)28-20(27)26-12-10-17(11-13-26)18-9-8-16(15-25)14-19(18)24-29-22(4,5)23(6,7)30-24/h8-9,14,17H,10-13H2,1-7H3. The number of nitriles is 1. The van der Waals surface area contributed by atoms with Gasteiger partial charge in [-0.1, -0.05) is 6.07 Å². The molecule has 0 N–H and O–H groups in total. The molecule has 6 nitrogen and oxygen atoms in total. The topological polar surface area (TPSA) is 71.8 Å². The quantitative estimate of drug-likeness (QED) is 0.688. The van der Waals surface area contributed by atoms with Gasteiger partial charge in [-0.3, -0.25) is 0 Å². The van der Waals surface area contributed by atoms with E-state index in [4.69, 9.17) is 14.0 Å². The lowest BCUT2D eigenvalue weighted by Gasteiger charge is -2.34. The lowest BCUT2D eigenvalue weighted by Crippen LogP contribution is -2.43. The Morgan fingerprint density at radius 3 is 2.23 bits per heavy atom. The van der Waals surface area contributed by atoms with Crippen molar-refractivity contribution in [2.24, 2.45) is 0 Å². The van der Waals surface area contributed by atoms with Gasteiger partial charge in [0.2, 0.25) is 0 Å². The summed E-state index contributed by atoms with van der Waals surface area (Å²) >= 11 is 0. The first-order valence-corrected chi connectivity index (χ1v) is 10.7. The number of benzene rings is 1. The normalized spacial score (nSPS) is 21.4. The predicted octanol–water partition coefficient (Wildman–Crippen LogP) is 3.97. The van der Waals surface area contributed by atoms with Gasteiger partial charge in [-0.2, -0.15) is 5.26 Å². The summed E-state index contributed by atoms with van der Waals surface area (Å²) in [6.07, 6.45) is 1.40. The van der Waals surface area contributed by atoms with Crippen LogP contribution in [0, 0.1) is 11.3 Å². The van der Waals surface area contributed by atoms with Crippen LogP contribution in [0.25, 0.3) is 0 Å². The number of nitrogens with zero attached hydrogens (tertiary/aromatic N) is 2. The van der Waals surface area contributed by atoms with Gasteiger partial charge in [0.1, 0.15) is 5.60 Å². The lowest BCUT2D eigenvalue weighted by atomic mass is 9.71. The van der Waals surface area contributed by atoms with E-state index in [1.54, 1.807) is 4.90 Å². The van der Waals surface area contributed by atoms with Crippen molar-refractivity contribution >= 4 is 18.7 Å². The summed E-state index contributed by atoms with van der Waals surface area (Å²) in [5.41, 5.74) is 1.26. The summed E-state index contributed by atoms with van der Waals surface area (Å²) in [6, 6.07) is 7.98. The van der Waals surface area contributed by atoms with E-state index in [0.29, 0.717) is 18.7 Å². The highest BCUT2D eigenvalue weighted by Gasteiger charge is 2.52. The predicted molar refractivity (Wildman–Crippen MR) is 117 cm³/mol. The molecule has 7 heteroatoms. The molecular formula is C23H33BN2O4. The second-order valence-corrected chi connectivity index (χ2v) is 10.3. The molecular weight excluding hydrogens is 379 g/mol. The monoisotopic (exact) mass is 412 g/mol. The summed E-state index contributed by atoms with van der Waals surface area (Å²) in [5.74, 6) is 0.269. The van der Waals surface area contributed by atoms with Gasteiger partial charge in [0.05, 0.1) is 22.8 Å². The molecule has 2 heterocycles. The molecule has 0 atom stereocenters. The van der Waals surface area contributed by atoms with Crippen LogP contribution in [0.2, 0.25) is 0 Å². The third-order valence-electron chi connectivity index (χ3n) is 6.31. The zero-order valence-corrected chi connectivity index (χ0v) is 19.2. The van der Waals surface area contributed by atoms with Crippen molar-refractivity contribution in [2.45, 2.75) is 84.0 Å². The highest BCUT2D eigenvalue weighted by molar-refractivity contribution is 6.62. The molecule has 1 amide bonds. The van der Waals surface area contributed by atoms with E-state index < -0.39 is 23.9 Å². The van der Waals surface area contributed by atoms with Crippen LogP contribution in [0.1, 0.15) is 78.4 Å². The first kappa shape index (κ1) is 22.6. The number of carbonyl (C=O) groups is 1. The third-order valence-corrected chi connectivity index (χ3v) is 6.31. The Morgan fingerprint density at radius 2 is 1.73 bits per heavy atom. The molecule has 2 aliphatic heterocycles. The van der Waals surface area contributed by atoms with Crippen LogP contribution in [0.3, 0.4) is 0 Å². The number of piperidine rings is 1. The first-order valence-electron chi connectivity index (χ1n) is 10.7. The lowest BCUT2D eigenvalue weighted by molar-refractivity contribution is 0.00578. The molecule has 0 saturated carbocycles. The van der Waals surface area contributed by atoms with Crippen LogP contribution >= 0.6 is 0 Å². The molecule has 2 fully saturated rings. The van der Waals surface area contributed by atoms with Crippen molar-refractivity contribution < 1.29 is 18.8 Å². The van der Waals surface area contributed by atoms with Crippen LogP contribution in [-0.2, 0) is 14.0 Å². The highest BCUT2D eigenvalue weighted by atomic mass is 16.7. The van der Waals surface area contributed by atoms with Gasteiger partial charge in [0.15, 0.2) is 0 Å². The molecule has 162 valence electrons. The molecule has 0 radical (unpaired) electrons. The van der Waals surface area contributed by atoms with Gasteiger partial charge < -0.3 is 18.9 Å². The Hall–Kier alpha value is -2.04. The maximum atomic E-state index is 12.4. The van der Waals surface area contributed by atoms with Crippen molar-refractivity contribution in [3.05, 3.63) is 29.3 Å². The SMILES string of the molecule is CC(C)(C)OC(=O)N1CCC(c2ccc(C#N)cc2B2OC(C)(C)C(C)(C)O2)CC1. The minimum atomic E-state index is -0.512. The summed E-state index contributed by atoms with van der Waals surface area (Å²) in [4.78, 5) is 14.2. The smallest absolute Gasteiger partial charge is 0.444 e. The Morgan fingerprint density at radius 1 is 1.17 bits per heavy atom. The Bertz CT molecular complexity index is 830. The number of carbonyl (C=O) groups excluding carboxylic acids is 1. The number of hydrogen-bond acceptors (Lipinski definition) is 5. The van der Waals surface area contributed by atoms with Gasteiger partial charge in [-0.05, 0) is 90.4 Å². The number of ether oxygens (including phenoxy) is 1. The minimum Gasteiger partial charge on any atom is -0.444 e. The molecule has 0 aromatic heterocycles. The number of rotatable bonds is 2. The summed E-state index contributed by atoms with van der Waals surface area (Å²) in [6.45, 7) is 15.0. The molecule has 0 aliphatic carbocycles. The second kappa shape index (κ2) is 7.90. The molecule has 0 bridgehead atoms. The zero-order chi connectivity index (χ0) is 22.3. The van der Waals surface area contributed by atoms with Gasteiger partial charge >= 0.3 is 13.2 Å². The number of likely N-dealkylation sites (tertiary alicyclic amines) is 1. The maximum absolute atomic E-state index is 12.4. The third kappa shape index (κ3) is 4.65. The summed E-state index contributed by atoms with van der Waals surface area (Å²) in [7, 11) is -0.512. The van der Waals surface area contributed by atoms with Gasteiger partial charge in [-0.25, -0.2) is 4.79 Å². The van der Waals surface area contributed by atoms with Crippen LogP contribution < -0.4 is 5.46 Å². The minimum absolute atomic E-state index is 0.257. The molecule has 1 aromatic rings. The van der Waals surface area contributed by atoms with Gasteiger partial charge in [0, 0.05) is 13.1 Å². The number of hydrogen-bond donors (Lipinski definition) is 0. The van der Waals surface area contributed by atoms with Crippen molar-refractivity contribution in [3.8, 4) is 6.07 Å². The molecule has 3 rings (SSSR count). The van der Waals surface area contributed by atoms with Crippen molar-refractivity contribution in [3.63, 3.8) is 0 Å². The summed E-state index contributed by atoms with van der Waals surface area (Å²) < 4.78 is 18.1. The Balaban J connectivity index is 1.80. The van der Waals surface area contributed by atoms with Crippen molar-refractivity contribution in [2.75, 3.05) is 13.1 Å². The van der Waals surface area contributed by atoms with Crippen LogP contribution in [0.5, 0.6) is 0 Å². The van der Waals surface area contributed by atoms with Crippen molar-refractivity contribution in [1.29, 1.82) is 5.26 Å². The highest BCUT2D eigenvalue weighted by Crippen LogP contribution is 2.38. The van der Waals surface area contributed by atoms with Crippen LogP contribution in [0.4, 0.5) is 4.79 Å². The maximum Gasteiger partial charge on any atom is 0.495 e. The second-order valence-electron chi connectivity index (χ2n) is 10.3. The fourth-order valence-electron chi connectivity index (χ4n) is 3.89. The van der Waals surface area contributed by atoms with Crippen LogP contribution in [-0.4, -0.2) is 48.0 Å². The van der Waals surface area contributed by atoms with E-state index >= 15 is 0 Å². The fourth-order valence-corrected chi connectivity index (χ4v) is 3.89. The Kier molecular flexibility index (Phi) is 5.96. The van der Waals surface area contributed by atoms with Crippen LogP contribution in [0.15, 0.2) is 18.2 Å².